The molecular weight excluding hydrogens is 256 g/mol. The molecule has 0 saturated carbocycles. The molecule has 1 aromatic heterocycles. The van der Waals surface area contributed by atoms with Gasteiger partial charge in [0.1, 0.15) is 11.4 Å². The van der Waals surface area contributed by atoms with E-state index in [1.807, 2.05) is 31.3 Å². The smallest absolute Gasteiger partial charge is 0.141 e. The van der Waals surface area contributed by atoms with Crippen LogP contribution >= 0.6 is 15.9 Å². The second-order valence-corrected chi connectivity index (χ2v) is 3.94. The number of hydrogen-bond donors (Lipinski definition) is 1. The fourth-order valence-electron chi connectivity index (χ4n) is 1.39. The molecular formula is C11H11BrN2O. The van der Waals surface area contributed by atoms with Gasteiger partial charge in [-0.25, -0.2) is 4.68 Å². The van der Waals surface area contributed by atoms with E-state index in [4.69, 9.17) is 0 Å². The third kappa shape index (κ3) is 2.04. The molecule has 0 unspecified atom stereocenters. The van der Waals surface area contributed by atoms with Gasteiger partial charge in [0.05, 0.1) is 5.69 Å². The van der Waals surface area contributed by atoms with Crippen molar-refractivity contribution in [3.05, 3.63) is 41.7 Å². The van der Waals surface area contributed by atoms with Crippen molar-refractivity contribution >= 4 is 15.9 Å². The predicted octanol–water partition coefficient (Wildman–Crippen LogP) is 2.78. The molecule has 0 amide bonds. The molecule has 0 spiro atoms. The molecule has 2 rings (SSSR count). The van der Waals surface area contributed by atoms with Crippen LogP contribution < -0.4 is 0 Å². The van der Waals surface area contributed by atoms with Gasteiger partial charge in [-0.05, 0) is 30.7 Å². The van der Waals surface area contributed by atoms with E-state index in [0.29, 0.717) is 11.0 Å². The van der Waals surface area contributed by atoms with Crippen LogP contribution in [0.15, 0.2) is 30.5 Å². The Labute approximate surface area is 96.5 Å². The summed E-state index contributed by atoms with van der Waals surface area (Å²) in [6, 6.07) is 7.44. The molecule has 4 heteroatoms. The molecule has 1 heterocycles. The number of aromatic nitrogens is 2. The monoisotopic (exact) mass is 266 g/mol. The number of aromatic hydroxyl groups is 1. The topological polar surface area (TPSA) is 38.0 Å². The summed E-state index contributed by atoms with van der Waals surface area (Å²) in [7, 11) is 0. The van der Waals surface area contributed by atoms with Crippen LogP contribution in [-0.2, 0) is 5.33 Å². The number of aryl methyl sites for hydroxylation is 1. The van der Waals surface area contributed by atoms with Crippen molar-refractivity contribution in [3.63, 3.8) is 0 Å². The molecule has 0 atom stereocenters. The van der Waals surface area contributed by atoms with Crippen molar-refractivity contribution in [1.29, 1.82) is 0 Å². The Balaban J connectivity index is 2.44. The van der Waals surface area contributed by atoms with Crippen LogP contribution in [0.2, 0.25) is 0 Å². The summed E-state index contributed by atoms with van der Waals surface area (Å²) in [6.07, 6.45) is 1.83. The molecule has 0 radical (unpaired) electrons. The Kier molecular flexibility index (Phi) is 2.77. The lowest BCUT2D eigenvalue weighted by molar-refractivity contribution is 0.470. The zero-order valence-corrected chi connectivity index (χ0v) is 9.90. The zero-order chi connectivity index (χ0) is 10.8. The molecule has 78 valence electrons. The number of halogens is 1. The number of benzene rings is 1. The number of rotatable bonds is 2. The SMILES string of the molecule is Cc1ccc(-n2ccc(CBr)n2)c(O)c1. The Bertz CT molecular complexity index is 479. The Morgan fingerprint density at radius 3 is 2.80 bits per heavy atom. The lowest BCUT2D eigenvalue weighted by Gasteiger charge is -2.04. The molecule has 0 bridgehead atoms. The van der Waals surface area contributed by atoms with Gasteiger partial charge in [0.2, 0.25) is 0 Å². The summed E-state index contributed by atoms with van der Waals surface area (Å²) in [4.78, 5) is 0. The highest BCUT2D eigenvalue weighted by Gasteiger charge is 2.05. The van der Waals surface area contributed by atoms with Gasteiger partial charge in [-0.3, -0.25) is 0 Å². The maximum atomic E-state index is 9.75. The fourth-order valence-corrected chi connectivity index (χ4v) is 1.69. The molecule has 0 saturated heterocycles. The fraction of sp³-hybridized carbons (Fsp3) is 0.182. The van der Waals surface area contributed by atoms with E-state index in [1.54, 1.807) is 10.7 Å². The first-order valence-electron chi connectivity index (χ1n) is 4.61. The maximum absolute atomic E-state index is 9.75. The third-order valence-corrected chi connectivity index (χ3v) is 2.73. The second kappa shape index (κ2) is 4.06. The van der Waals surface area contributed by atoms with E-state index in [-0.39, 0.29) is 5.75 Å². The van der Waals surface area contributed by atoms with Crippen LogP contribution in [0.1, 0.15) is 11.3 Å². The average Bonchev–Trinajstić information content (AvgIpc) is 2.66. The minimum atomic E-state index is 0.249. The maximum Gasteiger partial charge on any atom is 0.141 e. The summed E-state index contributed by atoms with van der Waals surface area (Å²) in [5, 5.41) is 14.8. The third-order valence-electron chi connectivity index (χ3n) is 2.16. The van der Waals surface area contributed by atoms with Crippen LogP contribution in [0, 0.1) is 6.92 Å². The van der Waals surface area contributed by atoms with Crippen LogP contribution in [0.5, 0.6) is 5.75 Å². The largest absolute Gasteiger partial charge is 0.506 e. The van der Waals surface area contributed by atoms with Gasteiger partial charge in [0, 0.05) is 11.5 Å². The van der Waals surface area contributed by atoms with E-state index in [0.717, 1.165) is 11.3 Å². The molecule has 3 nitrogen and oxygen atoms in total. The molecule has 0 fully saturated rings. The summed E-state index contributed by atoms with van der Waals surface area (Å²) in [5.74, 6) is 0.249. The second-order valence-electron chi connectivity index (χ2n) is 3.38. The highest BCUT2D eigenvalue weighted by molar-refractivity contribution is 9.08. The molecule has 15 heavy (non-hydrogen) atoms. The summed E-state index contributed by atoms with van der Waals surface area (Å²) >= 11 is 3.34. The first kappa shape index (κ1) is 10.2. The standard InChI is InChI=1S/C11H11BrN2O/c1-8-2-3-10(11(15)6-8)14-5-4-9(7-12)13-14/h2-6,15H,7H2,1H3. The van der Waals surface area contributed by atoms with Crippen molar-refractivity contribution < 1.29 is 5.11 Å². The molecule has 0 aliphatic rings. The normalized spacial score (nSPS) is 10.5. The minimum absolute atomic E-state index is 0.249. The molecule has 1 aromatic carbocycles. The zero-order valence-electron chi connectivity index (χ0n) is 8.31. The summed E-state index contributed by atoms with van der Waals surface area (Å²) in [5.41, 5.74) is 2.67. The Morgan fingerprint density at radius 1 is 1.40 bits per heavy atom. The predicted molar refractivity (Wildman–Crippen MR) is 62.6 cm³/mol. The number of nitrogens with zero attached hydrogens (tertiary/aromatic N) is 2. The van der Waals surface area contributed by atoms with E-state index < -0.39 is 0 Å². The summed E-state index contributed by atoms with van der Waals surface area (Å²) < 4.78 is 1.67. The Morgan fingerprint density at radius 2 is 2.20 bits per heavy atom. The highest BCUT2D eigenvalue weighted by Crippen LogP contribution is 2.22. The van der Waals surface area contributed by atoms with E-state index in [2.05, 4.69) is 21.0 Å². The number of phenolic OH excluding ortho intramolecular Hbond substituents is 1. The Hall–Kier alpha value is -1.29. The molecule has 2 aromatic rings. The average molecular weight is 267 g/mol. The van der Waals surface area contributed by atoms with Crippen LogP contribution in [0.25, 0.3) is 5.69 Å². The van der Waals surface area contributed by atoms with Gasteiger partial charge in [-0.15, -0.1) is 0 Å². The van der Waals surface area contributed by atoms with Gasteiger partial charge in [0.15, 0.2) is 0 Å². The van der Waals surface area contributed by atoms with Crippen LogP contribution in [0.3, 0.4) is 0 Å². The van der Waals surface area contributed by atoms with E-state index in [9.17, 15) is 5.11 Å². The van der Waals surface area contributed by atoms with Crippen molar-refractivity contribution in [1.82, 2.24) is 9.78 Å². The van der Waals surface area contributed by atoms with E-state index in [1.165, 1.54) is 0 Å². The minimum Gasteiger partial charge on any atom is -0.506 e. The van der Waals surface area contributed by atoms with Gasteiger partial charge >= 0.3 is 0 Å². The number of alkyl halides is 1. The van der Waals surface area contributed by atoms with Crippen molar-refractivity contribution in [2.75, 3.05) is 0 Å². The van der Waals surface area contributed by atoms with Gasteiger partial charge in [-0.2, -0.15) is 5.10 Å². The van der Waals surface area contributed by atoms with Gasteiger partial charge in [-0.1, -0.05) is 22.0 Å². The highest BCUT2D eigenvalue weighted by atomic mass is 79.9. The molecule has 1 N–H and O–H groups in total. The lowest BCUT2D eigenvalue weighted by atomic mass is 10.2. The first-order valence-corrected chi connectivity index (χ1v) is 5.73. The van der Waals surface area contributed by atoms with Crippen molar-refractivity contribution in [2.45, 2.75) is 12.3 Å². The van der Waals surface area contributed by atoms with Crippen LogP contribution in [-0.4, -0.2) is 14.9 Å². The van der Waals surface area contributed by atoms with Crippen LogP contribution in [0.4, 0.5) is 0 Å². The first-order chi connectivity index (χ1) is 7.20. The summed E-state index contributed by atoms with van der Waals surface area (Å²) in [6.45, 7) is 1.94. The van der Waals surface area contributed by atoms with Crippen molar-refractivity contribution in [3.8, 4) is 11.4 Å². The van der Waals surface area contributed by atoms with Crippen molar-refractivity contribution in [2.24, 2.45) is 0 Å². The molecule has 0 aliphatic heterocycles. The van der Waals surface area contributed by atoms with Gasteiger partial charge in [0.25, 0.3) is 0 Å². The lowest BCUT2D eigenvalue weighted by Crippen LogP contribution is -1.96. The quantitative estimate of drug-likeness (QED) is 0.849. The van der Waals surface area contributed by atoms with Gasteiger partial charge < -0.3 is 5.11 Å². The molecule has 0 aliphatic carbocycles. The number of phenols is 1. The number of hydrogen-bond acceptors (Lipinski definition) is 2. The van der Waals surface area contributed by atoms with E-state index >= 15 is 0 Å².